The van der Waals surface area contributed by atoms with Crippen LogP contribution in [0.15, 0.2) is 48.6 Å². The summed E-state index contributed by atoms with van der Waals surface area (Å²) in [7, 11) is 3.93. The summed E-state index contributed by atoms with van der Waals surface area (Å²) in [4.78, 5) is 30.0. The Morgan fingerprint density at radius 2 is 2.10 bits per heavy atom. The smallest absolute Gasteiger partial charge is 0.291 e. The zero-order valence-corrected chi connectivity index (χ0v) is 16.9. The van der Waals surface area contributed by atoms with Gasteiger partial charge in [-0.3, -0.25) is 9.80 Å². The Morgan fingerprint density at radius 1 is 1.34 bits per heavy atom. The largest absolute Gasteiger partial charge is 0.364 e. The highest BCUT2D eigenvalue weighted by molar-refractivity contribution is 5.92. The van der Waals surface area contributed by atoms with E-state index in [9.17, 15) is 9.59 Å². The minimum atomic E-state index is -0.621. The maximum Gasteiger partial charge on any atom is 0.291 e. The van der Waals surface area contributed by atoms with E-state index in [4.69, 9.17) is 0 Å². The molecule has 2 atom stereocenters. The first-order chi connectivity index (χ1) is 14.0. The molecule has 0 aliphatic carbocycles. The van der Waals surface area contributed by atoms with Crippen molar-refractivity contribution in [1.29, 1.82) is 0 Å². The lowest BCUT2D eigenvalue weighted by Crippen LogP contribution is -2.43. The Labute approximate surface area is 170 Å². The van der Waals surface area contributed by atoms with Crippen LogP contribution in [0.1, 0.15) is 29.5 Å². The topological polar surface area (TPSA) is 95.4 Å². The van der Waals surface area contributed by atoms with Crippen LogP contribution < -0.4 is 10.7 Å². The van der Waals surface area contributed by atoms with Gasteiger partial charge < -0.3 is 15.0 Å². The maximum atomic E-state index is 12.4. The standard InChI is InChI=1S/C20H27N7O2/c1-15-11-18(25(2)3)27(23-15)10-9-17(13-28)22-20(29)19-21-14-26(24-19)12-16-7-5-4-6-8-16/h4-8,11,13-15,17,23H,9-10,12H2,1-3H3,(H,22,29). The monoisotopic (exact) mass is 397 g/mol. The number of nitrogens with one attached hydrogen (secondary N) is 2. The molecule has 2 heterocycles. The fraction of sp³-hybridized carbons (Fsp3) is 0.400. The molecule has 29 heavy (non-hydrogen) atoms. The zero-order valence-electron chi connectivity index (χ0n) is 16.9. The number of nitrogens with zero attached hydrogens (tertiary/aromatic N) is 5. The van der Waals surface area contributed by atoms with Crippen LogP contribution in [0.5, 0.6) is 0 Å². The van der Waals surface area contributed by atoms with Crippen LogP contribution in [0.25, 0.3) is 0 Å². The summed E-state index contributed by atoms with van der Waals surface area (Å²) in [5.74, 6) is 0.629. The summed E-state index contributed by atoms with van der Waals surface area (Å²) in [5.41, 5.74) is 4.38. The molecule has 9 heteroatoms. The summed E-state index contributed by atoms with van der Waals surface area (Å²) >= 11 is 0. The summed E-state index contributed by atoms with van der Waals surface area (Å²) in [6, 6.07) is 9.39. The van der Waals surface area contributed by atoms with E-state index < -0.39 is 11.9 Å². The van der Waals surface area contributed by atoms with Crippen molar-refractivity contribution in [2.24, 2.45) is 0 Å². The van der Waals surface area contributed by atoms with Gasteiger partial charge >= 0.3 is 0 Å². The van der Waals surface area contributed by atoms with Crippen molar-refractivity contribution in [2.75, 3.05) is 20.6 Å². The van der Waals surface area contributed by atoms with Gasteiger partial charge in [0.15, 0.2) is 0 Å². The first-order valence-corrected chi connectivity index (χ1v) is 9.58. The Hall–Kier alpha value is -3.20. The number of hydrogen-bond donors (Lipinski definition) is 2. The van der Waals surface area contributed by atoms with Crippen LogP contribution in [0.2, 0.25) is 0 Å². The highest BCUT2D eigenvalue weighted by Gasteiger charge is 2.23. The number of hydrazine groups is 1. The van der Waals surface area contributed by atoms with E-state index in [-0.39, 0.29) is 11.9 Å². The van der Waals surface area contributed by atoms with Crippen molar-refractivity contribution < 1.29 is 9.59 Å². The number of amides is 1. The average Bonchev–Trinajstić information content (AvgIpc) is 3.32. The van der Waals surface area contributed by atoms with Gasteiger partial charge in [-0.05, 0) is 25.0 Å². The second-order valence-corrected chi connectivity index (χ2v) is 7.24. The van der Waals surface area contributed by atoms with E-state index >= 15 is 0 Å². The molecule has 1 aliphatic heterocycles. The molecule has 2 aromatic rings. The predicted octanol–water partition coefficient (Wildman–Crippen LogP) is 0.626. The number of hydrogen-bond acceptors (Lipinski definition) is 7. The van der Waals surface area contributed by atoms with E-state index in [2.05, 4.69) is 33.8 Å². The molecule has 154 valence electrons. The minimum Gasteiger partial charge on any atom is -0.364 e. The van der Waals surface area contributed by atoms with Crippen molar-refractivity contribution in [3.8, 4) is 0 Å². The lowest BCUT2D eigenvalue weighted by Gasteiger charge is -2.28. The average molecular weight is 397 g/mol. The lowest BCUT2D eigenvalue weighted by atomic mass is 10.2. The van der Waals surface area contributed by atoms with Crippen LogP contribution in [0.4, 0.5) is 0 Å². The second kappa shape index (κ2) is 9.33. The zero-order chi connectivity index (χ0) is 20.8. The van der Waals surface area contributed by atoms with Crippen LogP contribution in [-0.4, -0.2) is 69.6 Å². The fourth-order valence-electron chi connectivity index (χ4n) is 3.15. The highest BCUT2D eigenvalue weighted by atomic mass is 16.2. The first-order valence-electron chi connectivity index (χ1n) is 9.58. The van der Waals surface area contributed by atoms with Gasteiger partial charge in [0.2, 0.25) is 5.82 Å². The fourth-order valence-corrected chi connectivity index (χ4v) is 3.15. The molecule has 0 saturated carbocycles. The first kappa shape index (κ1) is 20.5. The van der Waals surface area contributed by atoms with E-state index in [1.54, 1.807) is 4.68 Å². The van der Waals surface area contributed by atoms with E-state index in [1.165, 1.54) is 6.33 Å². The predicted molar refractivity (Wildman–Crippen MR) is 109 cm³/mol. The molecule has 0 fully saturated rings. The third-order valence-corrected chi connectivity index (χ3v) is 4.56. The van der Waals surface area contributed by atoms with E-state index in [0.29, 0.717) is 19.5 Å². The van der Waals surface area contributed by atoms with Crippen LogP contribution in [0, 0.1) is 0 Å². The number of aromatic nitrogens is 3. The van der Waals surface area contributed by atoms with E-state index in [0.717, 1.165) is 17.7 Å². The van der Waals surface area contributed by atoms with Crippen molar-refractivity contribution >= 4 is 12.2 Å². The molecular formula is C20H27N7O2. The Morgan fingerprint density at radius 3 is 2.79 bits per heavy atom. The number of carbonyl (C=O) groups excluding carboxylic acids is 2. The summed E-state index contributed by atoms with van der Waals surface area (Å²) in [6.07, 6.45) is 4.83. The SMILES string of the molecule is CC1C=C(N(C)C)N(CCC(C=O)NC(=O)c2ncn(Cc3ccccc3)n2)N1. The molecule has 0 bridgehead atoms. The van der Waals surface area contributed by atoms with Gasteiger partial charge in [-0.1, -0.05) is 30.3 Å². The third kappa shape index (κ3) is 5.41. The van der Waals surface area contributed by atoms with Gasteiger partial charge in [-0.15, -0.1) is 5.10 Å². The quantitative estimate of drug-likeness (QED) is 0.599. The molecule has 2 unspecified atom stereocenters. The van der Waals surface area contributed by atoms with Gasteiger partial charge in [-0.2, -0.15) is 0 Å². The Balaban J connectivity index is 1.54. The summed E-state index contributed by atoms with van der Waals surface area (Å²) in [5, 5.41) is 8.91. The molecule has 3 rings (SSSR count). The Bertz CT molecular complexity index is 863. The summed E-state index contributed by atoms with van der Waals surface area (Å²) in [6.45, 7) is 3.16. The van der Waals surface area contributed by atoms with Gasteiger partial charge in [0.1, 0.15) is 18.4 Å². The molecule has 1 amide bonds. The molecule has 2 N–H and O–H groups in total. The lowest BCUT2D eigenvalue weighted by molar-refractivity contribution is -0.109. The number of carbonyl (C=O) groups is 2. The van der Waals surface area contributed by atoms with Crippen molar-refractivity contribution in [3.63, 3.8) is 0 Å². The van der Waals surface area contributed by atoms with Crippen LogP contribution in [-0.2, 0) is 11.3 Å². The molecule has 1 aromatic heterocycles. The van der Waals surface area contributed by atoms with Crippen LogP contribution in [0.3, 0.4) is 0 Å². The molecule has 0 radical (unpaired) electrons. The normalized spacial score (nSPS) is 17.0. The second-order valence-electron chi connectivity index (χ2n) is 7.24. The molecule has 1 aliphatic rings. The third-order valence-electron chi connectivity index (χ3n) is 4.56. The Kier molecular flexibility index (Phi) is 6.61. The molecule has 0 spiro atoms. The minimum absolute atomic E-state index is 0.0505. The molecule has 1 aromatic carbocycles. The van der Waals surface area contributed by atoms with Crippen molar-refractivity contribution in [2.45, 2.75) is 32.0 Å². The maximum absolute atomic E-state index is 12.4. The van der Waals surface area contributed by atoms with E-state index in [1.807, 2.05) is 54.3 Å². The van der Waals surface area contributed by atoms with Crippen LogP contribution >= 0.6 is 0 Å². The molecular weight excluding hydrogens is 370 g/mol. The molecule has 0 saturated heterocycles. The number of benzene rings is 1. The van der Waals surface area contributed by atoms with Crippen molar-refractivity contribution in [1.82, 2.24) is 35.4 Å². The molecule has 9 nitrogen and oxygen atoms in total. The van der Waals surface area contributed by atoms with Gasteiger partial charge in [-0.25, -0.2) is 15.1 Å². The van der Waals surface area contributed by atoms with Gasteiger partial charge in [0.25, 0.3) is 5.91 Å². The van der Waals surface area contributed by atoms with Crippen molar-refractivity contribution in [3.05, 3.63) is 59.9 Å². The number of rotatable bonds is 9. The van der Waals surface area contributed by atoms with Gasteiger partial charge in [0.05, 0.1) is 12.6 Å². The highest BCUT2D eigenvalue weighted by Crippen LogP contribution is 2.14. The summed E-state index contributed by atoms with van der Waals surface area (Å²) < 4.78 is 1.60. The number of aldehydes is 1. The van der Waals surface area contributed by atoms with Gasteiger partial charge in [0, 0.05) is 26.7 Å².